The van der Waals surface area contributed by atoms with Gasteiger partial charge in [-0.1, -0.05) is 30.8 Å². The van der Waals surface area contributed by atoms with Crippen LogP contribution < -0.4 is 0 Å². The summed E-state index contributed by atoms with van der Waals surface area (Å²) in [5.41, 5.74) is 1.28. The van der Waals surface area contributed by atoms with Crippen molar-refractivity contribution in [3.05, 3.63) is 40.9 Å². The Hall–Kier alpha value is -1.66. The third kappa shape index (κ3) is 3.91. The number of benzene rings is 1. The number of aromatic nitrogens is 1. The summed E-state index contributed by atoms with van der Waals surface area (Å²) >= 11 is 2.89. The molecule has 0 aliphatic heterocycles. The van der Waals surface area contributed by atoms with Crippen molar-refractivity contribution in [3.63, 3.8) is 0 Å². The van der Waals surface area contributed by atoms with E-state index < -0.39 is 5.97 Å². The summed E-state index contributed by atoms with van der Waals surface area (Å²) in [5, 5.41) is 10.5. The van der Waals surface area contributed by atoms with Crippen molar-refractivity contribution in [2.45, 2.75) is 29.0 Å². The number of hydrogen-bond donors (Lipinski definition) is 1. The number of hydrogen-bond acceptors (Lipinski definition) is 5. The lowest BCUT2D eigenvalue weighted by molar-refractivity contribution is -0.136. The highest BCUT2D eigenvalue weighted by atomic mass is 32.2. The van der Waals surface area contributed by atoms with E-state index in [1.807, 2.05) is 19.1 Å². The molecule has 0 amide bonds. The minimum atomic E-state index is -0.880. The molecule has 0 aliphatic rings. The minimum absolute atomic E-state index is 0.0546. The van der Waals surface area contributed by atoms with Gasteiger partial charge >= 0.3 is 5.97 Å². The van der Waals surface area contributed by atoms with Gasteiger partial charge in [0.1, 0.15) is 0 Å². The van der Waals surface area contributed by atoms with Crippen LogP contribution >= 0.6 is 23.1 Å². The normalized spacial score (nSPS) is 10.4. The molecule has 0 spiro atoms. The molecule has 0 bridgehead atoms. The van der Waals surface area contributed by atoms with Crippen LogP contribution in [0, 0.1) is 0 Å². The van der Waals surface area contributed by atoms with Crippen LogP contribution in [0.4, 0.5) is 0 Å². The first-order chi connectivity index (χ1) is 9.58. The van der Waals surface area contributed by atoms with Crippen molar-refractivity contribution in [2.75, 3.05) is 0 Å². The zero-order valence-corrected chi connectivity index (χ0v) is 12.5. The molecule has 2 aromatic rings. The molecule has 0 saturated heterocycles. The van der Waals surface area contributed by atoms with Gasteiger partial charge < -0.3 is 5.11 Å². The molecule has 0 saturated carbocycles. The fourth-order valence-corrected chi connectivity index (χ4v) is 3.39. The standard InChI is InChI=1S/C14H13NO3S2/c1-2-12(16)9-3-5-11(6-4-9)20-14-15-10(8-19-14)7-13(17)18/h3-6,8H,2,7H2,1H3,(H,17,18). The summed E-state index contributed by atoms with van der Waals surface area (Å²) < 4.78 is 0.802. The van der Waals surface area contributed by atoms with E-state index in [1.54, 1.807) is 17.5 Å². The minimum Gasteiger partial charge on any atom is -0.481 e. The van der Waals surface area contributed by atoms with E-state index in [0.717, 1.165) is 9.24 Å². The second-order valence-electron chi connectivity index (χ2n) is 4.08. The average Bonchev–Trinajstić information content (AvgIpc) is 2.85. The highest BCUT2D eigenvalue weighted by Crippen LogP contribution is 2.30. The Kier molecular flexibility index (Phi) is 4.92. The first-order valence-electron chi connectivity index (χ1n) is 6.05. The van der Waals surface area contributed by atoms with Gasteiger partial charge in [0.15, 0.2) is 10.1 Å². The van der Waals surface area contributed by atoms with Crippen molar-refractivity contribution in [1.82, 2.24) is 4.98 Å². The molecule has 1 aromatic heterocycles. The van der Waals surface area contributed by atoms with Crippen LogP contribution in [0.25, 0.3) is 0 Å². The van der Waals surface area contributed by atoms with Crippen molar-refractivity contribution in [3.8, 4) is 0 Å². The first kappa shape index (κ1) is 14.7. The lowest BCUT2D eigenvalue weighted by Crippen LogP contribution is -1.99. The van der Waals surface area contributed by atoms with Crippen LogP contribution in [-0.4, -0.2) is 21.8 Å². The molecule has 0 fully saturated rings. The van der Waals surface area contributed by atoms with Gasteiger partial charge in [0, 0.05) is 22.3 Å². The van der Waals surface area contributed by atoms with Gasteiger partial charge in [0.05, 0.1) is 12.1 Å². The van der Waals surface area contributed by atoms with Crippen LogP contribution in [0.15, 0.2) is 38.9 Å². The maximum Gasteiger partial charge on any atom is 0.309 e. The first-order valence-corrected chi connectivity index (χ1v) is 7.75. The lowest BCUT2D eigenvalue weighted by atomic mass is 10.1. The smallest absolute Gasteiger partial charge is 0.309 e. The van der Waals surface area contributed by atoms with E-state index in [0.29, 0.717) is 17.7 Å². The van der Waals surface area contributed by atoms with Gasteiger partial charge in [-0.3, -0.25) is 9.59 Å². The summed E-state index contributed by atoms with van der Waals surface area (Å²) in [6.45, 7) is 1.84. The fraction of sp³-hybridized carbons (Fsp3) is 0.214. The van der Waals surface area contributed by atoms with Crippen molar-refractivity contribution < 1.29 is 14.7 Å². The van der Waals surface area contributed by atoms with Gasteiger partial charge in [-0.25, -0.2) is 4.98 Å². The summed E-state index contributed by atoms with van der Waals surface area (Å²) in [6.07, 6.45) is 0.443. The van der Waals surface area contributed by atoms with Crippen LogP contribution in [0.3, 0.4) is 0 Å². The number of carbonyl (C=O) groups excluding carboxylic acids is 1. The Balaban J connectivity index is 2.04. The Morgan fingerprint density at radius 3 is 2.60 bits per heavy atom. The Labute approximate surface area is 124 Å². The number of thiazole rings is 1. The fourth-order valence-electron chi connectivity index (χ4n) is 1.59. The van der Waals surface area contributed by atoms with E-state index in [9.17, 15) is 9.59 Å². The van der Waals surface area contributed by atoms with Crippen LogP contribution in [0.2, 0.25) is 0 Å². The van der Waals surface area contributed by atoms with Crippen LogP contribution in [-0.2, 0) is 11.2 Å². The number of rotatable bonds is 6. The van der Waals surface area contributed by atoms with E-state index in [1.165, 1.54) is 23.1 Å². The van der Waals surface area contributed by atoms with E-state index in [2.05, 4.69) is 4.98 Å². The number of carboxylic acids is 1. The molecule has 104 valence electrons. The monoisotopic (exact) mass is 307 g/mol. The predicted molar refractivity (Wildman–Crippen MR) is 78.6 cm³/mol. The zero-order valence-electron chi connectivity index (χ0n) is 10.8. The average molecular weight is 307 g/mol. The Bertz CT molecular complexity index is 620. The van der Waals surface area contributed by atoms with Crippen LogP contribution in [0.5, 0.6) is 0 Å². The molecular formula is C14H13NO3S2. The molecule has 1 heterocycles. The Morgan fingerprint density at radius 2 is 2.00 bits per heavy atom. The summed E-state index contributed by atoms with van der Waals surface area (Å²) in [5.74, 6) is -0.756. The third-order valence-corrected chi connectivity index (χ3v) is 4.56. The van der Waals surface area contributed by atoms with E-state index in [-0.39, 0.29) is 12.2 Å². The van der Waals surface area contributed by atoms with E-state index in [4.69, 9.17) is 5.11 Å². The van der Waals surface area contributed by atoms with Crippen molar-refractivity contribution >= 4 is 34.9 Å². The van der Waals surface area contributed by atoms with Crippen LogP contribution in [0.1, 0.15) is 29.4 Å². The summed E-state index contributed by atoms with van der Waals surface area (Å²) in [6, 6.07) is 7.37. The highest BCUT2D eigenvalue weighted by Gasteiger charge is 2.08. The molecule has 0 atom stereocenters. The van der Waals surface area contributed by atoms with Crippen molar-refractivity contribution in [1.29, 1.82) is 0 Å². The van der Waals surface area contributed by atoms with Gasteiger partial charge in [0.25, 0.3) is 0 Å². The molecule has 0 unspecified atom stereocenters. The number of carboxylic acid groups (broad SMARTS) is 1. The second kappa shape index (κ2) is 6.67. The molecule has 20 heavy (non-hydrogen) atoms. The molecule has 1 aromatic carbocycles. The SMILES string of the molecule is CCC(=O)c1ccc(Sc2nc(CC(=O)O)cs2)cc1. The summed E-state index contributed by atoms with van der Waals surface area (Å²) in [4.78, 5) is 27.3. The second-order valence-corrected chi connectivity index (χ2v) is 6.26. The number of carbonyl (C=O) groups is 2. The van der Waals surface area contributed by atoms with Gasteiger partial charge in [-0.05, 0) is 12.1 Å². The third-order valence-electron chi connectivity index (χ3n) is 2.57. The molecule has 4 nitrogen and oxygen atoms in total. The van der Waals surface area contributed by atoms with Gasteiger partial charge in [-0.2, -0.15) is 0 Å². The van der Waals surface area contributed by atoms with E-state index >= 15 is 0 Å². The highest BCUT2D eigenvalue weighted by molar-refractivity contribution is 8.01. The Morgan fingerprint density at radius 1 is 1.30 bits per heavy atom. The molecule has 2 rings (SSSR count). The number of Topliss-reactive ketones (excluding diaryl/α,β-unsaturated/α-hetero) is 1. The molecule has 0 aliphatic carbocycles. The van der Waals surface area contributed by atoms with Crippen molar-refractivity contribution in [2.24, 2.45) is 0 Å². The topological polar surface area (TPSA) is 67.3 Å². The maximum absolute atomic E-state index is 11.5. The molecule has 0 radical (unpaired) electrons. The molecule has 1 N–H and O–H groups in total. The quantitative estimate of drug-likeness (QED) is 0.827. The number of nitrogens with zero attached hydrogens (tertiary/aromatic N) is 1. The van der Waals surface area contributed by atoms with Gasteiger partial charge in [-0.15, -0.1) is 11.3 Å². The maximum atomic E-state index is 11.5. The number of ketones is 1. The molecule has 6 heteroatoms. The molecular weight excluding hydrogens is 294 g/mol. The largest absolute Gasteiger partial charge is 0.481 e. The summed E-state index contributed by atoms with van der Waals surface area (Å²) in [7, 11) is 0. The number of aliphatic carboxylic acids is 1. The predicted octanol–water partition coefficient (Wildman–Crippen LogP) is 3.51. The van der Waals surface area contributed by atoms with Gasteiger partial charge in [0.2, 0.25) is 0 Å². The zero-order chi connectivity index (χ0) is 14.5. The lowest BCUT2D eigenvalue weighted by Gasteiger charge is -2.00.